The van der Waals surface area contributed by atoms with E-state index in [-0.39, 0.29) is 6.61 Å². The van der Waals surface area contributed by atoms with E-state index in [0.29, 0.717) is 0 Å². The molecule has 0 aliphatic carbocycles. The Hall–Kier alpha value is -0.610. The number of rotatable bonds is 4. The van der Waals surface area contributed by atoms with Gasteiger partial charge < -0.3 is 9.47 Å². The van der Waals surface area contributed by atoms with Gasteiger partial charge >= 0.3 is 11.2 Å². The molecule has 11 heavy (non-hydrogen) atoms. The summed E-state index contributed by atoms with van der Waals surface area (Å²) in [7, 11) is 1.47. The van der Waals surface area contributed by atoms with Gasteiger partial charge in [0.2, 0.25) is 0 Å². The van der Waals surface area contributed by atoms with Crippen molar-refractivity contribution in [3.8, 4) is 0 Å². The minimum atomic E-state index is -1.12. The van der Waals surface area contributed by atoms with Gasteiger partial charge in [-0.25, -0.2) is 4.79 Å². The lowest BCUT2D eigenvalue weighted by molar-refractivity contribution is -0.155. The molecule has 0 aliphatic heterocycles. The molecule has 0 amide bonds. The van der Waals surface area contributed by atoms with E-state index in [1.54, 1.807) is 6.92 Å². The van der Waals surface area contributed by atoms with Crippen LogP contribution in [0.15, 0.2) is 0 Å². The number of hydrogen-bond donors (Lipinski definition) is 0. The molecule has 0 aliphatic rings. The molecular weight excluding hydrogens is 172 g/mol. The van der Waals surface area contributed by atoms with Crippen molar-refractivity contribution in [3.05, 3.63) is 0 Å². The zero-order valence-electron chi connectivity index (χ0n) is 6.30. The smallest absolute Gasteiger partial charge is 0.391 e. The van der Waals surface area contributed by atoms with E-state index >= 15 is 0 Å². The highest BCUT2D eigenvalue weighted by molar-refractivity contribution is 6.80. The molecule has 0 heterocycles. The maximum absolute atomic E-state index is 10.5. The van der Waals surface area contributed by atoms with Crippen molar-refractivity contribution in [2.24, 2.45) is 0 Å². The lowest BCUT2D eigenvalue weighted by atomic mass is 10.4. The molecule has 0 aromatic carbocycles. The van der Waals surface area contributed by atoms with Crippen molar-refractivity contribution < 1.29 is 19.1 Å². The third kappa shape index (κ3) is 4.75. The predicted octanol–water partition coefficient (Wildman–Crippen LogP) is 0.330. The fourth-order valence-electron chi connectivity index (χ4n) is 0.498. The van der Waals surface area contributed by atoms with Crippen LogP contribution in [-0.4, -0.2) is 31.0 Å². The monoisotopic (exact) mass is 180 g/mol. The first-order chi connectivity index (χ1) is 5.07. The molecule has 0 saturated carbocycles. The fraction of sp³-hybridized carbons (Fsp3) is 0.667. The van der Waals surface area contributed by atoms with Crippen molar-refractivity contribution in [2.75, 3.05) is 13.7 Å². The van der Waals surface area contributed by atoms with Crippen molar-refractivity contribution in [1.29, 1.82) is 0 Å². The highest BCUT2D eigenvalue weighted by Gasteiger charge is 2.15. The minimum Gasteiger partial charge on any atom is -0.454 e. The SMILES string of the molecule is COCC(C)OC(=O)C(=O)Cl. The summed E-state index contributed by atoms with van der Waals surface area (Å²) in [5, 5.41) is -1.12. The molecule has 0 fully saturated rings. The Balaban J connectivity index is 3.66. The van der Waals surface area contributed by atoms with Gasteiger partial charge in [0.1, 0.15) is 6.10 Å². The molecule has 0 saturated heterocycles. The van der Waals surface area contributed by atoms with Crippen molar-refractivity contribution in [1.82, 2.24) is 0 Å². The van der Waals surface area contributed by atoms with Gasteiger partial charge in [-0.1, -0.05) is 0 Å². The number of esters is 1. The lowest BCUT2D eigenvalue weighted by Crippen LogP contribution is -2.22. The molecule has 4 nitrogen and oxygen atoms in total. The van der Waals surface area contributed by atoms with E-state index in [2.05, 4.69) is 9.47 Å². The number of ether oxygens (including phenoxy) is 2. The number of halogens is 1. The first kappa shape index (κ1) is 10.4. The Morgan fingerprint density at radius 1 is 1.55 bits per heavy atom. The lowest BCUT2D eigenvalue weighted by Gasteiger charge is -2.09. The maximum Gasteiger partial charge on any atom is 0.391 e. The van der Waals surface area contributed by atoms with Gasteiger partial charge in [0.15, 0.2) is 0 Å². The van der Waals surface area contributed by atoms with Crippen LogP contribution in [0, 0.1) is 0 Å². The van der Waals surface area contributed by atoms with E-state index < -0.39 is 17.3 Å². The number of methoxy groups -OCH3 is 1. The molecule has 0 N–H and O–H groups in total. The molecule has 1 atom stereocenters. The van der Waals surface area contributed by atoms with Crippen LogP contribution < -0.4 is 0 Å². The quantitative estimate of drug-likeness (QED) is 0.356. The first-order valence-corrected chi connectivity index (χ1v) is 3.35. The molecule has 0 bridgehead atoms. The summed E-state index contributed by atoms with van der Waals surface area (Å²) < 4.78 is 9.16. The molecule has 0 rings (SSSR count). The molecule has 0 spiro atoms. The third-order valence-corrected chi connectivity index (χ3v) is 1.02. The van der Waals surface area contributed by atoms with Crippen LogP contribution in [-0.2, 0) is 19.1 Å². The Morgan fingerprint density at radius 3 is 2.45 bits per heavy atom. The van der Waals surface area contributed by atoms with E-state index in [1.807, 2.05) is 0 Å². The van der Waals surface area contributed by atoms with Crippen LogP contribution in [0.5, 0.6) is 0 Å². The van der Waals surface area contributed by atoms with Crippen molar-refractivity contribution in [2.45, 2.75) is 13.0 Å². The summed E-state index contributed by atoms with van der Waals surface area (Å²) in [6.45, 7) is 1.84. The molecular formula is C6H9ClO4. The Kier molecular flexibility index (Phi) is 4.81. The number of carbonyl (C=O) groups excluding carboxylic acids is 2. The zero-order valence-corrected chi connectivity index (χ0v) is 7.05. The Labute approximate surface area is 69.4 Å². The van der Waals surface area contributed by atoms with Crippen LogP contribution in [0.25, 0.3) is 0 Å². The summed E-state index contributed by atoms with van der Waals surface area (Å²) in [4.78, 5) is 20.6. The second kappa shape index (κ2) is 5.09. The second-order valence-electron chi connectivity index (χ2n) is 1.94. The Morgan fingerprint density at radius 2 is 2.09 bits per heavy atom. The molecule has 0 aromatic rings. The molecule has 1 unspecified atom stereocenters. The maximum atomic E-state index is 10.5. The predicted molar refractivity (Wildman–Crippen MR) is 38.3 cm³/mol. The summed E-state index contributed by atoms with van der Waals surface area (Å²) in [6, 6.07) is 0. The fourth-order valence-corrected chi connectivity index (χ4v) is 0.542. The standard InChI is InChI=1S/C6H9ClO4/c1-4(3-10-2)11-6(9)5(7)8/h4H,3H2,1-2H3. The van der Waals surface area contributed by atoms with Gasteiger partial charge in [0.25, 0.3) is 0 Å². The van der Waals surface area contributed by atoms with Gasteiger partial charge in [0.05, 0.1) is 6.61 Å². The Bertz CT molecular complexity index is 157. The highest BCUT2D eigenvalue weighted by Crippen LogP contribution is 1.94. The molecule has 0 aromatic heterocycles. The summed E-state index contributed by atoms with van der Waals surface area (Å²) in [5.41, 5.74) is 0. The normalized spacial score (nSPS) is 12.3. The average molecular weight is 181 g/mol. The summed E-state index contributed by atoms with van der Waals surface area (Å²) >= 11 is 4.82. The van der Waals surface area contributed by atoms with E-state index in [4.69, 9.17) is 11.6 Å². The summed E-state index contributed by atoms with van der Waals surface area (Å²) in [6.07, 6.45) is -0.449. The summed E-state index contributed by atoms with van der Waals surface area (Å²) in [5.74, 6) is -1.05. The van der Waals surface area contributed by atoms with E-state index in [9.17, 15) is 9.59 Å². The molecule has 0 radical (unpaired) electrons. The van der Waals surface area contributed by atoms with Gasteiger partial charge in [-0.05, 0) is 18.5 Å². The topological polar surface area (TPSA) is 52.6 Å². The number of carbonyl (C=O) groups is 2. The molecule has 5 heteroatoms. The van der Waals surface area contributed by atoms with E-state index in [1.165, 1.54) is 7.11 Å². The van der Waals surface area contributed by atoms with E-state index in [0.717, 1.165) is 0 Å². The zero-order chi connectivity index (χ0) is 8.85. The van der Waals surface area contributed by atoms with Crippen LogP contribution in [0.3, 0.4) is 0 Å². The van der Waals surface area contributed by atoms with Crippen LogP contribution in [0.2, 0.25) is 0 Å². The molecule has 64 valence electrons. The minimum absolute atomic E-state index is 0.246. The largest absolute Gasteiger partial charge is 0.454 e. The second-order valence-corrected chi connectivity index (χ2v) is 2.29. The van der Waals surface area contributed by atoms with Crippen LogP contribution >= 0.6 is 11.6 Å². The first-order valence-electron chi connectivity index (χ1n) is 2.97. The van der Waals surface area contributed by atoms with Gasteiger partial charge in [-0.15, -0.1) is 0 Å². The highest BCUT2D eigenvalue weighted by atomic mass is 35.5. The van der Waals surface area contributed by atoms with Gasteiger partial charge in [0, 0.05) is 7.11 Å². The average Bonchev–Trinajstić information content (AvgIpc) is 1.87. The van der Waals surface area contributed by atoms with Crippen LogP contribution in [0.4, 0.5) is 0 Å². The third-order valence-electron chi connectivity index (χ3n) is 0.870. The van der Waals surface area contributed by atoms with Crippen LogP contribution in [0.1, 0.15) is 6.92 Å². The van der Waals surface area contributed by atoms with Crippen molar-refractivity contribution >= 4 is 22.8 Å². The van der Waals surface area contributed by atoms with Crippen molar-refractivity contribution in [3.63, 3.8) is 0 Å². The number of hydrogen-bond acceptors (Lipinski definition) is 4. The van der Waals surface area contributed by atoms with Gasteiger partial charge in [-0.2, -0.15) is 0 Å². The van der Waals surface area contributed by atoms with Gasteiger partial charge in [-0.3, -0.25) is 4.79 Å².